The van der Waals surface area contributed by atoms with Gasteiger partial charge in [-0.25, -0.2) is 0 Å². The van der Waals surface area contributed by atoms with Gasteiger partial charge in [0.2, 0.25) is 0 Å². The van der Waals surface area contributed by atoms with Crippen LogP contribution in [0.5, 0.6) is 0 Å². The van der Waals surface area contributed by atoms with Gasteiger partial charge in [0.1, 0.15) is 11.8 Å². The highest BCUT2D eigenvalue weighted by atomic mass is 32.2. The number of thioether (sulfide) groups is 1. The molecule has 1 aliphatic carbocycles. The summed E-state index contributed by atoms with van der Waals surface area (Å²) in [5.74, 6) is 2.02. The average molecular weight is 302 g/mol. The van der Waals surface area contributed by atoms with E-state index >= 15 is 0 Å². The molecule has 0 radical (unpaired) electrons. The molecule has 0 bridgehead atoms. The second kappa shape index (κ2) is 6.35. The number of aromatic nitrogens is 3. The van der Waals surface area contributed by atoms with Crippen molar-refractivity contribution in [3.8, 4) is 17.7 Å². The van der Waals surface area contributed by atoms with Crippen LogP contribution < -0.4 is 0 Å². The van der Waals surface area contributed by atoms with E-state index in [0.29, 0.717) is 11.5 Å². The Morgan fingerprint density at radius 1 is 1.43 bits per heavy atom. The van der Waals surface area contributed by atoms with Crippen LogP contribution in [0.2, 0.25) is 0 Å². The van der Waals surface area contributed by atoms with Crippen molar-refractivity contribution in [3.05, 3.63) is 23.7 Å². The molecule has 21 heavy (non-hydrogen) atoms. The molecule has 6 heteroatoms. The summed E-state index contributed by atoms with van der Waals surface area (Å²) in [5, 5.41) is 13.7. The fraction of sp³-hybridized carbons (Fsp3) is 0.533. The lowest BCUT2D eigenvalue weighted by molar-refractivity contribution is 0.422. The van der Waals surface area contributed by atoms with Crippen LogP contribution in [0.25, 0.3) is 11.6 Å². The van der Waals surface area contributed by atoms with Gasteiger partial charge in [0.05, 0.1) is 11.3 Å². The first-order valence-corrected chi connectivity index (χ1v) is 8.32. The molecule has 0 spiro atoms. The molecule has 0 unspecified atom stereocenters. The highest BCUT2D eigenvalue weighted by Crippen LogP contribution is 2.30. The molecule has 1 fully saturated rings. The lowest BCUT2D eigenvalue weighted by atomic mass is 10.0. The third-order valence-corrected chi connectivity index (χ3v) is 5.19. The zero-order valence-corrected chi connectivity index (χ0v) is 12.9. The molecule has 110 valence electrons. The first kappa shape index (κ1) is 14.2. The smallest absolute Gasteiger partial charge is 0.274 e. The Bertz CT molecular complexity index is 649. The van der Waals surface area contributed by atoms with Crippen molar-refractivity contribution in [1.29, 1.82) is 5.26 Å². The maximum atomic E-state index is 8.92. The zero-order chi connectivity index (χ0) is 14.7. The van der Waals surface area contributed by atoms with E-state index < -0.39 is 0 Å². The second-order valence-corrected chi connectivity index (χ2v) is 6.71. The van der Waals surface area contributed by atoms with E-state index in [-0.39, 0.29) is 0 Å². The third kappa shape index (κ3) is 3.30. The average Bonchev–Trinajstić information content (AvgIpc) is 3.12. The maximum Gasteiger partial charge on any atom is 0.274 e. The van der Waals surface area contributed by atoms with Crippen molar-refractivity contribution < 1.29 is 4.52 Å². The number of aryl methyl sites for hydroxylation is 1. The predicted molar refractivity (Wildman–Crippen MR) is 81.6 cm³/mol. The van der Waals surface area contributed by atoms with E-state index in [4.69, 9.17) is 9.78 Å². The Labute approximate surface area is 128 Å². The standard InChI is InChI=1S/C15H18N4OS/c1-19-9-11(8-16)7-13(19)15-17-14(18-20-15)10-21-12-5-3-2-4-6-12/h7,9,12H,2-6,10H2,1H3. The highest BCUT2D eigenvalue weighted by molar-refractivity contribution is 7.99. The molecule has 1 saturated carbocycles. The van der Waals surface area contributed by atoms with Crippen LogP contribution in [-0.2, 0) is 12.8 Å². The largest absolute Gasteiger partial charge is 0.345 e. The van der Waals surface area contributed by atoms with E-state index in [0.717, 1.165) is 22.5 Å². The summed E-state index contributed by atoms with van der Waals surface area (Å²) in [6.07, 6.45) is 8.43. The van der Waals surface area contributed by atoms with Gasteiger partial charge in [-0.15, -0.1) is 0 Å². The van der Waals surface area contributed by atoms with Crippen molar-refractivity contribution in [2.75, 3.05) is 0 Å². The number of nitriles is 1. The van der Waals surface area contributed by atoms with Gasteiger partial charge in [-0.05, 0) is 18.9 Å². The van der Waals surface area contributed by atoms with E-state index in [1.165, 1.54) is 32.1 Å². The van der Waals surface area contributed by atoms with Gasteiger partial charge < -0.3 is 9.09 Å². The van der Waals surface area contributed by atoms with E-state index in [2.05, 4.69) is 16.2 Å². The fourth-order valence-electron chi connectivity index (χ4n) is 2.68. The molecular formula is C15H18N4OS. The van der Waals surface area contributed by atoms with Crippen LogP contribution in [0.3, 0.4) is 0 Å². The lowest BCUT2D eigenvalue weighted by Gasteiger charge is -2.19. The second-order valence-electron chi connectivity index (χ2n) is 5.42. The number of nitrogens with zero attached hydrogens (tertiary/aromatic N) is 4. The van der Waals surface area contributed by atoms with Crippen LogP contribution in [0.15, 0.2) is 16.8 Å². The monoisotopic (exact) mass is 302 g/mol. The Morgan fingerprint density at radius 3 is 2.95 bits per heavy atom. The topological polar surface area (TPSA) is 67.6 Å². The molecule has 2 aromatic rings. The van der Waals surface area contributed by atoms with E-state index in [9.17, 15) is 0 Å². The summed E-state index contributed by atoms with van der Waals surface area (Å²) in [5.41, 5.74) is 1.39. The summed E-state index contributed by atoms with van der Waals surface area (Å²) >= 11 is 1.93. The molecule has 0 amide bonds. The molecule has 0 aliphatic heterocycles. The molecule has 3 rings (SSSR count). The van der Waals surface area contributed by atoms with Crippen LogP contribution in [0.4, 0.5) is 0 Å². The molecule has 2 heterocycles. The summed E-state index contributed by atoms with van der Waals surface area (Å²) in [6.45, 7) is 0. The van der Waals surface area contributed by atoms with Crippen LogP contribution in [-0.4, -0.2) is 20.0 Å². The van der Waals surface area contributed by atoms with Gasteiger partial charge >= 0.3 is 0 Å². The first-order chi connectivity index (χ1) is 10.3. The van der Waals surface area contributed by atoms with Crippen molar-refractivity contribution in [1.82, 2.24) is 14.7 Å². The summed E-state index contributed by atoms with van der Waals surface area (Å²) in [6, 6.07) is 3.89. The minimum atomic E-state index is 0.484. The molecule has 5 nitrogen and oxygen atoms in total. The molecular weight excluding hydrogens is 284 g/mol. The van der Waals surface area contributed by atoms with Crippen LogP contribution in [0, 0.1) is 11.3 Å². The van der Waals surface area contributed by atoms with Crippen molar-refractivity contribution >= 4 is 11.8 Å². The Hall–Kier alpha value is -1.74. The van der Waals surface area contributed by atoms with Gasteiger partial charge in [-0.3, -0.25) is 0 Å². The number of hydrogen-bond donors (Lipinski definition) is 0. The molecule has 0 atom stereocenters. The van der Waals surface area contributed by atoms with Crippen molar-refractivity contribution in [2.45, 2.75) is 43.1 Å². The SMILES string of the molecule is Cn1cc(C#N)cc1-c1nc(CSC2CCCCC2)no1. The van der Waals surface area contributed by atoms with E-state index in [1.807, 2.05) is 23.4 Å². The normalized spacial score (nSPS) is 16.0. The summed E-state index contributed by atoms with van der Waals surface area (Å²) < 4.78 is 7.16. The number of hydrogen-bond acceptors (Lipinski definition) is 5. The van der Waals surface area contributed by atoms with Crippen molar-refractivity contribution in [2.24, 2.45) is 7.05 Å². The Kier molecular flexibility index (Phi) is 4.30. The van der Waals surface area contributed by atoms with Crippen LogP contribution in [0.1, 0.15) is 43.5 Å². The fourth-order valence-corrected chi connectivity index (χ4v) is 3.85. The van der Waals surface area contributed by atoms with Gasteiger partial charge in [-0.1, -0.05) is 24.4 Å². The van der Waals surface area contributed by atoms with Gasteiger partial charge in [0.15, 0.2) is 5.82 Å². The molecule has 2 aromatic heterocycles. The predicted octanol–water partition coefficient (Wildman–Crippen LogP) is 3.51. The minimum Gasteiger partial charge on any atom is -0.345 e. The van der Waals surface area contributed by atoms with Crippen LogP contribution >= 0.6 is 11.8 Å². The molecule has 1 aliphatic rings. The third-order valence-electron chi connectivity index (χ3n) is 3.82. The van der Waals surface area contributed by atoms with Gasteiger partial charge in [0, 0.05) is 18.5 Å². The summed E-state index contributed by atoms with van der Waals surface area (Å²) in [4.78, 5) is 4.44. The quantitative estimate of drug-likeness (QED) is 0.864. The highest BCUT2D eigenvalue weighted by Gasteiger charge is 2.17. The van der Waals surface area contributed by atoms with Gasteiger partial charge in [0.25, 0.3) is 5.89 Å². The molecule has 0 saturated heterocycles. The zero-order valence-electron chi connectivity index (χ0n) is 12.1. The van der Waals surface area contributed by atoms with Crippen molar-refractivity contribution in [3.63, 3.8) is 0 Å². The van der Waals surface area contributed by atoms with E-state index in [1.54, 1.807) is 12.3 Å². The first-order valence-electron chi connectivity index (χ1n) is 7.27. The van der Waals surface area contributed by atoms with Gasteiger partial charge in [-0.2, -0.15) is 22.0 Å². The Morgan fingerprint density at radius 2 is 2.24 bits per heavy atom. The maximum absolute atomic E-state index is 8.92. The molecule has 0 aromatic carbocycles. The minimum absolute atomic E-state index is 0.484. The number of rotatable bonds is 4. The lowest BCUT2D eigenvalue weighted by Crippen LogP contribution is -2.08. The summed E-state index contributed by atoms with van der Waals surface area (Å²) in [7, 11) is 1.87. The molecule has 0 N–H and O–H groups in total. The Balaban J connectivity index is 1.65.